The highest BCUT2D eigenvalue weighted by Gasteiger charge is 2.12. The largest absolute Gasteiger partial charge is 0.421 e. The molecule has 0 aliphatic carbocycles. The van der Waals surface area contributed by atoms with Crippen LogP contribution < -0.4 is 11.4 Å². The second-order valence-electron chi connectivity index (χ2n) is 4.40. The Hall–Kier alpha value is -2.88. The van der Waals surface area contributed by atoms with Crippen LogP contribution in [0.1, 0.15) is 10.4 Å². The summed E-state index contributed by atoms with van der Waals surface area (Å²) >= 11 is 0. The van der Waals surface area contributed by atoms with E-state index in [1.54, 1.807) is 18.2 Å². The zero-order chi connectivity index (χ0) is 14.1. The molecule has 4 nitrogen and oxygen atoms in total. The maximum absolute atomic E-state index is 12.1. The van der Waals surface area contributed by atoms with Gasteiger partial charge in [-0.3, -0.25) is 4.79 Å². The van der Waals surface area contributed by atoms with Gasteiger partial charge >= 0.3 is 5.63 Å². The number of hydrogen-bond donors (Lipinski definition) is 1. The van der Waals surface area contributed by atoms with Crippen molar-refractivity contribution < 1.29 is 9.21 Å². The molecule has 1 aromatic heterocycles. The van der Waals surface area contributed by atoms with Gasteiger partial charge in [-0.05, 0) is 17.7 Å². The maximum Gasteiger partial charge on any atom is 0.344 e. The van der Waals surface area contributed by atoms with Gasteiger partial charge in [0.25, 0.3) is 5.91 Å². The first-order chi connectivity index (χ1) is 9.66. The Morgan fingerprint density at radius 3 is 2.45 bits per heavy atom. The summed E-state index contributed by atoms with van der Waals surface area (Å²) in [6.45, 7) is 0. The summed E-state index contributed by atoms with van der Waals surface area (Å²) < 4.78 is 5.28. The van der Waals surface area contributed by atoms with Gasteiger partial charge in [0, 0.05) is 5.39 Å². The maximum atomic E-state index is 12.1. The van der Waals surface area contributed by atoms with Crippen LogP contribution in [0.3, 0.4) is 0 Å². The van der Waals surface area contributed by atoms with E-state index in [4.69, 9.17) is 10.2 Å². The molecule has 0 radical (unpaired) electrons. The van der Waals surface area contributed by atoms with Gasteiger partial charge in [0.2, 0.25) is 0 Å². The molecule has 0 saturated carbocycles. The molecular formula is C16H11NO3. The second-order valence-corrected chi connectivity index (χ2v) is 4.40. The van der Waals surface area contributed by atoms with Gasteiger partial charge < -0.3 is 10.2 Å². The topological polar surface area (TPSA) is 73.3 Å². The van der Waals surface area contributed by atoms with E-state index in [9.17, 15) is 9.59 Å². The number of rotatable bonds is 2. The van der Waals surface area contributed by atoms with Crippen molar-refractivity contribution in [1.29, 1.82) is 0 Å². The second kappa shape index (κ2) is 4.66. The van der Waals surface area contributed by atoms with Crippen LogP contribution >= 0.6 is 0 Å². The molecule has 3 rings (SSSR count). The third-order valence-corrected chi connectivity index (χ3v) is 3.11. The summed E-state index contributed by atoms with van der Waals surface area (Å²) in [5, 5.41) is 0.666. The summed E-state index contributed by atoms with van der Waals surface area (Å²) in [6.07, 6.45) is 0. The van der Waals surface area contributed by atoms with Crippen LogP contribution in [0.5, 0.6) is 0 Å². The molecule has 0 atom stereocenters. The highest BCUT2D eigenvalue weighted by molar-refractivity contribution is 6.04. The van der Waals surface area contributed by atoms with Gasteiger partial charge in [-0.25, -0.2) is 4.79 Å². The zero-order valence-corrected chi connectivity index (χ0v) is 10.5. The number of hydrogen-bond acceptors (Lipinski definition) is 3. The predicted molar refractivity (Wildman–Crippen MR) is 76.4 cm³/mol. The number of amides is 1. The molecule has 20 heavy (non-hydrogen) atoms. The average Bonchev–Trinajstić information content (AvgIpc) is 2.46. The Bertz CT molecular complexity index is 850. The lowest BCUT2D eigenvalue weighted by molar-refractivity contribution is 0.100. The number of primary amides is 1. The molecule has 98 valence electrons. The van der Waals surface area contributed by atoms with Crippen molar-refractivity contribution in [1.82, 2.24) is 0 Å². The third-order valence-electron chi connectivity index (χ3n) is 3.11. The molecule has 0 bridgehead atoms. The number of nitrogens with two attached hydrogens (primary N) is 1. The Kier molecular flexibility index (Phi) is 2.84. The van der Waals surface area contributed by atoms with Crippen LogP contribution in [0.25, 0.3) is 22.1 Å². The van der Waals surface area contributed by atoms with Gasteiger partial charge in [0.1, 0.15) is 0 Å². The van der Waals surface area contributed by atoms with E-state index in [2.05, 4.69) is 0 Å². The molecule has 2 N–H and O–H groups in total. The van der Waals surface area contributed by atoms with E-state index in [0.29, 0.717) is 10.9 Å². The summed E-state index contributed by atoms with van der Waals surface area (Å²) in [5.41, 5.74) is 6.45. The Morgan fingerprint density at radius 1 is 1.00 bits per heavy atom. The van der Waals surface area contributed by atoms with Gasteiger partial charge in [-0.2, -0.15) is 0 Å². The summed E-state index contributed by atoms with van der Waals surface area (Å²) in [5.74, 6) is -0.619. The van der Waals surface area contributed by atoms with Crippen LogP contribution in [0.2, 0.25) is 0 Å². The number of para-hydroxylation sites is 1. The molecule has 0 saturated heterocycles. The summed E-state index contributed by atoms with van der Waals surface area (Å²) in [7, 11) is 0. The van der Waals surface area contributed by atoms with Crippen molar-refractivity contribution in [2.24, 2.45) is 5.73 Å². The van der Waals surface area contributed by atoms with Crippen molar-refractivity contribution in [2.75, 3.05) is 0 Å². The Morgan fingerprint density at radius 2 is 1.75 bits per heavy atom. The SMILES string of the molecule is NC(=O)c1cccc2cc(-c3ccccc3)c(=O)oc12. The van der Waals surface area contributed by atoms with Crippen molar-refractivity contribution in [3.8, 4) is 11.1 Å². The molecular weight excluding hydrogens is 254 g/mol. The van der Waals surface area contributed by atoms with Crippen LogP contribution in [0.15, 0.2) is 63.8 Å². The molecule has 0 fully saturated rings. The Balaban J connectivity index is 2.32. The smallest absolute Gasteiger partial charge is 0.344 e. The molecule has 1 heterocycles. The number of carbonyl (C=O) groups excluding carboxylic acids is 1. The average molecular weight is 265 g/mol. The fraction of sp³-hybridized carbons (Fsp3) is 0. The molecule has 4 heteroatoms. The third kappa shape index (κ3) is 1.97. The zero-order valence-electron chi connectivity index (χ0n) is 10.5. The minimum Gasteiger partial charge on any atom is -0.421 e. The fourth-order valence-electron chi connectivity index (χ4n) is 2.16. The minimum atomic E-state index is -0.619. The van der Waals surface area contributed by atoms with Crippen molar-refractivity contribution in [3.05, 3.63) is 70.6 Å². The number of carbonyl (C=O) groups is 1. The van der Waals surface area contributed by atoms with Crippen LogP contribution in [0.4, 0.5) is 0 Å². The first kappa shape index (κ1) is 12.2. The predicted octanol–water partition coefficient (Wildman–Crippen LogP) is 2.56. The first-order valence-corrected chi connectivity index (χ1v) is 6.09. The van der Waals surface area contributed by atoms with E-state index >= 15 is 0 Å². The van der Waals surface area contributed by atoms with Gasteiger partial charge in [0.05, 0.1) is 11.1 Å². The molecule has 1 amide bonds. The summed E-state index contributed by atoms with van der Waals surface area (Å²) in [4.78, 5) is 23.4. The van der Waals surface area contributed by atoms with Gasteiger partial charge in [-0.1, -0.05) is 42.5 Å². The molecule has 0 unspecified atom stereocenters. The van der Waals surface area contributed by atoms with Crippen molar-refractivity contribution >= 4 is 16.9 Å². The van der Waals surface area contributed by atoms with E-state index in [1.165, 1.54) is 6.07 Å². The normalized spacial score (nSPS) is 10.6. The highest BCUT2D eigenvalue weighted by Crippen LogP contribution is 2.22. The number of benzene rings is 2. The molecule has 0 spiro atoms. The van der Waals surface area contributed by atoms with Crippen LogP contribution in [0, 0.1) is 0 Å². The van der Waals surface area contributed by atoms with Crippen LogP contribution in [-0.2, 0) is 0 Å². The van der Waals surface area contributed by atoms with Gasteiger partial charge in [-0.15, -0.1) is 0 Å². The Labute approximate surface area is 114 Å². The molecule has 0 aliphatic heterocycles. The van der Waals surface area contributed by atoms with E-state index in [1.807, 2.05) is 30.3 Å². The monoisotopic (exact) mass is 265 g/mol. The lowest BCUT2D eigenvalue weighted by atomic mass is 10.0. The van der Waals surface area contributed by atoms with E-state index in [-0.39, 0.29) is 11.1 Å². The lowest BCUT2D eigenvalue weighted by Crippen LogP contribution is -2.12. The number of fused-ring (bicyclic) bond motifs is 1. The lowest BCUT2D eigenvalue weighted by Gasteiger charge is -2.04. The van der Waals surface area contributed by atoms with E-state index < -0.39 is 11.5 Å². The minimum absolute atomic E-state index is 0.208. The van der Waals surface area contributed by atoms with Crippen molar-refractivity contribution in [2.45, 2.75) is 0 Å². The molecule has 3 aromatic rings. The highest BCUT2D eigenvalue weighted by atomic mass is 16.4. The van der Waals surface area contributed by atoms with Crippen LogP contribution in [-0.4, -0.2) is 5.91 Å². The summed E-state index contributed by atoms with van der Waals surface area (Å²) in [6, 6.07) is 16.0. The van der Waals surface area contributed by atoms with Gasteiger partial charge in [0.15, 0.2) is 5.58 Å². The molecule has 2 aromatic carbocycles. The van der Waals surface area contributed by atoms with Crippen molar-refractivity contribution in [3.63, 3.8) is 0 Å². The molecule has 0 aliphatic rings. The quantitative estimate of drug-likeness (QED) is 0.724. The fourth-order valence-corrected chi connectivity index (χ4v) is 2.16. The standard InChI is InChI=1S/C16H11NO3/c17-15(18)12-8-4-7-11-9-13(16(19)20-14(11)12)10-5-2-1-3-6-10/h1-9H,(H2,17,18). The van der Waals surface area contributed by atoms with E-state index in [0.717, 1.165) is 5.56 Å². The first-order valence-electron chi connectivity index (χ1n) is 6.09.